The van der Waals surface area contributed by atoms with Gasteiger partial charge in [0.05, 0.1) is 0 Å². The van der Waals surface area contributed by atoms with Crippen molar-refractivity contribution >= 4 is 68.9 Å². The van der Waals surface area contributed by atoms with E-state index in [-0.39, 0.29) is 0 Å². The van der Waals surface area contributed by atoms with Crippen LogP contribution in [0.2, 0.25) is 0 Å². The van der Waals surface area contributed by atoms with E-state index in [1.807, 2.05) is 0 Å². The van der Waals surface area contributed by atoms with Gasteiger partial charge in [0.15, 0.2) is 0 Å². The minimum absolute atomic E-state index is 1.16. The smallest absolute Gasteiger partial charge is 0.0931 e. The molecular weight excluding hydrogens is 161 g/mol. The van der Waals surface area contributed by atoms with Crippen molar-refractivity contribution in [2.45, 2.75) is 12.6 Å². The van der Waals surface area contributed by atoms with Crippen molar-refractivity contribution < 1.29 is 0 Å². The summed E-state index contributed by atoms with van der Waals surface area (Å²) in [7, 11) is 13.6. The second-order valence-electron chi connectivity index (χ2n) is 4.16. The van der Waals surface area contributed by atoms with Gasteiger partial charge in [-0.2, -0.15) is 0 Å². The molecule has 0 N–H and O–H groups in total. The van der Waals surface area contributed by atoms with Crippen LogP contribution in [0.25, 0.3) is 0 Å². The summed E-state index contributed by atoms with van der Waals surface area (Å²) < 4.78 is 0. The van der Waals surface area contributed by atoms with Gasteiger partial charge in [-0.25, -0.2) is 0 Å². The average Bonchev–Trinajstić information content (AvgIpc) is 2.17. The van der Waals surface area contributed by atoms with E-state index in [0.717, 1.165) is 12.6 Å². The van der Waals surface area contributed by atoms with Crippen LogP contribution >= 0.6 is 0 Å². The van der Waals surface area contributed by atoms with Gasteiger partial charge in [-0.15, -0.1) is 0 Å². The van der Waals surface area contributed by atoms with Gasteiger partial charge < -0.3 is 0 Å². The first kappa shape index (κ1) is 11.7. The molecule has 1 aromatic carbocycles. The monoisotopic (exact) mass is 178 g/mol. The second kappa shape index (κ2) is 4.42. The summed E-state index contributed by atoms with van der Waals surface area (Å²) >= 11 is 0. The lowest BCUT2D eigenvalue weighted by Crippen LogP contribution is -2.47. The second-order valence-corrected chi connectivity index (χ2v) is 4.16. The Hall–Kier alpha value is -0.390. The fourth-order valence-electron chi connectivity index (χ4n) is 2.53. The molecule has 66 valence electrons. The topological polar surface area (TPSA) is 0 Å². The van der Waals surface area contributed by atoms with Crippen molar-refractivity contribution in [1.82, 2.24) is 0 Å². The molecule has 0 atom stereocenters. The lowest BCUT2D eigenvalue weighted by molar-refractivity contribution is 1.44. The van der Waals surface area contributed by atoms with E-state index < -0.39 is 0 Å². The lowest BCUT2D eigenvalue weighted by atomic mass is 9.61. The number of hydrogen-bond donors (Lipinski definition) is 0. The van der Waals surface area contributed by atoms with E-state index in [1.54, 1.807) is 11.1 Å². The van der Waals surface area contributed by atoms with E-state index >= 15 is 0 Å². The highest BCUT2D eigenvalue weighted by molar-refractivity contribution is 6.58. The Bertz CT molecular complexity index is 295. The molecule has 14 heavy (non-hydrogen) atoms. The molecule has 0 unspecified atom stereocenters. The largest absolute Gasteiger partial charge is 0.138 e. The Morgan fingerprint density at radius 2 is 0.786 bits per heavy atom. The van der Waals surface area contributed by atoms with Crippen molar-refractivity contribution in [1.29, 1.82) is 0 Å². The van der Waals surface area contributed by atoms with Crippen LogP contribution in [0.5, 0.6) is 0 Å². The molecule has 0 amide bonds. The molecule has 0 radical (unpaired) electrons. The zero-order chi connectivity index (χ0) is 10.9. The molecule has 0 fully saturated rings. The van der Waals surface area contributed by atoms with Gasteiger partial charge in [0, 0.05) is 0 Å². The summed E-state index contributed by atoms with van der Waals surface area (Å²) in [5.74, 6) is 0. The van der Waals surface area contributed by atoms with E-state index in [9.17, 15) is 0 Å². The summed E-state index contributed by atoms with van der Waals surface area (Å²) in [5, 5.41) is 0. The first-order valence-electron chi connectivity index (χ1n) is 5.62. The Kier molecular flexibility index (Phi) is 3.69. The van der Waals surface area contributed by atoms with Gasteiger partial charge in [0.2, 0.25) is 0 Å². The van der Waals surface area contributed by atoms with Crippen LogP contribution in [-0.2, 0) is 12.6 Å². The summed E-state index contributed by atoms with van der Waals surface area (Å²) in [6.45, 7) is 0. The standard InChI is InChI=1S/C8H16B6/c9-1-3-5(11)7(13)4(2-10)8(14)6(3)12/h1-2,9-14H2. The van der Waals surface area contributed by atoms with Crippen molar-refractivity contribution in [3.8, 4) is 0 Å². The van der Waals surface area contributed by atoms with Crippen molar-refractivity contribution in [3.05, 3.63) is 11.1 Å². The first-order valence-corrected chi connectivity index (χ1v) is 5.62. The molecule has 0 aliphatic heterocycles. The zero-order valence-corrected chi connectivity index (χ0v) is 10.4. The minimum Gasteiger partial charge on any atom is -0.0931 e. The van der Waals surface area contributed by atoms with Crippen molar-refractivity contribution in [2.24, 2.45) is 0 Å². The van der Waals surface area contributed by atoms with Gasteiger partial charge in [-0.3, -0.25) is 0 Å². The molecule has 0 saturated heterocycles. The van der Waals surface area contributed by atoms with E-state index in [1.165, 1.54) is 21.9 Å². The van der Waals surface area contributed by atoms with Crippen molar-refractivity contribution in [3.63, 3.8) is 0 Å². The number of benzene rings is 1. The van der Waals surface area contributed by atoms with E-state index in [0.29, 0.717) is 0 Å². The molecule has 1 aromatic rings. The maximum atomic E-state index is 2.26. The molecule has 6 heteroatoms. The molecule has 0 bridgehead atoms. The Morgan fingerprint density at radius 3 is 0.929 bits per heavy atom. The Morgan fingerprint density at radius 1 is 0.571 bits per heavy atom. The molecule has 1 rings (SSSR count). The molecule has 0 spiro atoms. The maximum absolute atomic E-state index is 2.26. The summed E-state index contributed by atoms with van der Waals surface area (Å²) in [6.07, 6.45) is 2.31. The normalized spacial score (nSPS) is 10.3. The third-order valence-corrected chi connectivity index (χ3v) is 3.64. The van der Waals surface area contributed by atoms with Crippen LogP contribution < -0.4 is 21.9 Å². The lowest BCUT2D eigenvalue weighted by Gasteiger charge is -2.20. The predicted octanol–water partition coefficient (Wildman–Crippen LogP) is -7.01. The third-order valence-electron chi connectivity index (χ3n) is 3.64. The molecule has 0 nitrogen and oxygen atoms in total. The minimum atomic E-state index is 1.16. The van der Waals surface area contributed by atoms with Crippen LogP contribution in [0.1, 0.15) is 11.1 Å². The highest BCUT2D eigenvalue weighted by atomic mass is 14.1. The van der Waals surface area contributed by atoms with Gasteiger partial charge in [0.25, 0.3) is 0 Å². The van der Waals surface area contributed by atoms with Crippen LogP contribution in [0, 0.1) is 0 Å². The van der Waals surface area contributed by atoms with Crippen LogP contribution in [0.4, 0.5) is 0 Å². The molecule has 0 aliphatic carbocycles. The molecule has 0 aromatic heterocycles. The summed E-state index contributed by atoms with van der Waals surface area (Å²) in [4.78, 5) is 0. The average molecular weight is 177 g/mol. The van der Waals surface area contributed by atoms with Crippen LogP contribution in [0.15, 0.2) is 0 Å². The van der Waals surface area contributed by atoms with Crippen LogP contribution in [0.3, 0.4) is 0 Å². The number of hydrogen-bond acceptors (Lipinski definition) is 0. The van der Waals surface area contributed by atoms with Gasteiger partial charge in [0.1, 0.15) is 47.1 Å². The summed E-state index contributed by atoms with van der Waals surface area (Å²) in [6, 6.07) is 0. The van der Waals surface area contributed by atoms with Crippen LogP contribution in [-0.4, -0.2) is 47.1 Å². The highest BCUT2D eigenvalue weighted by Crippen LogP contribution is 1.92. The molecule has 0 heterocycles. The van der Waals surface area contributed by atoms with Crippen molar-refractivity contribution in [2.75, 3.05) is 0 Å². The third kappa shape index (κ3) is 1.71. The highest BCUT2D eigenvalue weighted by Gasteiger charge is 2.10. The molecule has 0 saturated carbocycles. The first-order chi connectivity index (χ1) is 6.54. The predicted molar refractivity (Wildman–Crippen MR) is 83.6 cm³/mol. The Balaban J connectivity index is 3.55. The fourth-order valence-corrected chi connectivity index (χ4v) is 2.53. The van der Waals surface area contributed by atoms with E-state index in [4.69, 9.17) is 0 Å². The molecule has 0 aliphatic rings. The van der Waals surface area contributed by atoms with Gasteiger partial charge in [-0.1, -0.05) is 45.6 Å². The zero-order valence-electron chi connectivity index (χ0n) is 10.4. The molecular formula is C8H16B6. The quantitative estimate of drug-likeness (QED) is 0.394. The maximum Gasteiger partial charge on any atom is 0.138 e. The summed E-state index contributed by atoms with van der Waals surface area (Å²) in [5.41, 5.74) is 9.13. The van der Waals surface area contributed by atoms with Gasteiger partial charge in [-0.05, 0) is 0 Å². The fraction of sp³-hybridized carbons (Fsp3) is 0.250. The van der Waals surface area contributed by atoms with E-state index in [2.05, 4.69) is 47.1 Å². The SMILES string of the molecule is BCc1c(B)c(B)c(CB)c(B)c1B. The Labute approximate surface area is 93.1 Å². The number of rotatable bonds is 2. The van der Waals surface area contributed by atoms with Gasteiger partial charge >= 0.3 is 0 Å².